The Morgan fingerprint density at radius 3 is 1.75 bits per heavy atom. The van der Waals surface area contributed by atoms with Crippen molar-refractivity contribution >= 4 is 42.1 Å². The molecule has 1 fully saturated rings. The molecule has 256 valence electrons. The molecule has 16 heteroatoms. The van der Waals surface area contributed by atoms with Gasteiger partial charge >= 0.3 is 30.3 Å². The molecular formula is C32H36N4O12. The van der Waals surface area contributed by atoms with Gasteiger partial charge in [0, 0.05) is 0 Å². The number of nitrogens with zero attached hydrogens (tertiary/aromatic N) is 1. The molecule has 16 nitrogen and oxygen atoms in total. The number of amides is 4. The Bertz CT molecular complexity index is 1470. The van der Waals surface area contributed by atoms with Crippen molar-refractivity contribution in [1.82, 2.24) is 16.0 Å². The van der Waals surface area contributed by atoms with Gasteiger partial charge < -0.3 is 24.3 Å². The average Bonchev–Trinajstić information content (AvgIpc) is 3.37. The number of imide groups is 1. The number of esters is 2. The van der Waals surface area contributed by atoms with Crippen LogP contribution >= 0.6 is 0 Å². The fourth-order valence-electron chi connectivity index (χ4n) is 3.99. The van der Waals surface area contributed by atoms with Gasteiger partial charge in [0.15, 0.2) is 5.54 Å². The van der Waals surface area contributed by atoms with Gasteiger partial charge in [-0.25, -0.2) is 19.2 Å². The van der Waals surface area contributed by atoms with Crippen LogP contribution in [0.15, 0.2) is 60.7 Å². The summed E-state index contributed by atoms with van der Waals surface area (Å²) in [7, 11) is 0. The molecule has 0 bridgehead atoms. The second-order valence-electron chi connectivity index (χ2n) is 9.63. The molecule has 0 saturated carbocycles. The molecule has 2 aromatic rings. The molecule has 0 radical (unpaired) electrons. The van der Waals surface area contributed by atoms with E-state index in [0.29, 0.717) is 0 Å². The quantitative estimate of drug-likeness (QED) is 0.128. The third-order valence-corrected chi connectivity index (χ3v) is 6.42. The van der Waals surface area contributed by atoms with E-state index in [1.54, 1.807) is 45.0 Å². The first-order chi connectivity index (χ1) is 23.0. The van der Waals surface area contributed by atoms with E-state index in [4.69, 9.17) is 33.8 Å². The maximum atomic E-state index is 12.1. The highest BCUT2D eigenvalue weighted by Crippen LogP contribution is 2.20. The Morgan fingerprint density at radius 2 is 1.33 bits per heavy atom. The number of alkyl carbamates (subject to hydrolysis) is 2. The van der Waals surface area contributed by atoms with Gasteiger partial charge in [0.1, 0.15) is 13.2 Å². The molecular weight excluding hydrogens is 632 g/mol. The minimum atomic E-state index is -2.08. The first kappa shape index (κ1) is 40.0. The van der Waals surface area contributed by atoms with E-state index in [9.17, 15) is 28.8 Å². The number of ether oxygens (including phenoxy) is 4. The Kier molecular flexibility index (Phi) is 17.4. The molecule has 2 unspecified atom stereocenters. The molecule has 1 aliphatic rings. The number of carbonyl (C=O) groups is 6. The summed E-state index contributed by atoms with van der Waals surface area (Å²) in [5.74, 6) is -3.24. The SMILES string of the molecule is CCOC(=O)C(CC)(CC#N)NC(=O)OCc1ccccc1.CCOC(=O)C1(NC(=O)OCc2ccccc2)CC(=O)NC1=O.O=C=O. The number of rotatable bonds is 12. The number of hydrogen-bond acceptors (Lipinski definition) is 13. The Labute approximate surface area is 276 Å². The topological polar surface area (TPSA) is 233 Å². The van der Waals surface area contributed by atoms with Gasteiger partial charge in [-0.3, -0.25) is 20.2 Å². The van der Waals surface area contributed by atoms with Crippen molar-refractivity contribution in [2.24, 2.45) is 0 Å². The molecule has 3 rings (SSSR count). The van der Waals surface area contributed by atoms with E-state index in [1.165, 1.54) is 0 Å². The third-order valence-electron chi connectivity index (χ3n) is 6.42. The molecule has 48 heavy (non-hydrogen) atoms. The van der Waals surface area contributed by atoms with Crippen LogP contribution in [0.25, 0.3) is 0 Å². The third kappa shape index (κ3) is 12.4. The number of carbonyl (C=O) groups excluding carboxylic acids is 8. The van der Waals surface area contributed by atoms with Crippen molar-refractivity contribution in [3.63, 3.8) is 0 Å². The van der Waals surface area contributed by atoms with E-state index < -0.39 is 53.4 Å². The lowest BCUT2D eigenvalue weighted by Crippen LogP contribution is -2.59. The Hall–Kier alpha value is -6.07. The lowest BCUT2D eigenvalue weighted by Gasteiger charge is -2.28. The molecule has 1 heterocycles. The highest BCUT2D eigenvalue weighted by Gasteiger charge is 2.56. The predicted octanol–water partition coefficient (Wildman–Crippen LogP) is 2.22. The molecule has 1 saturated heterocycles. The molecule has 3 N–H and O–H groups in total. The molecule has 2 atom stereocenters. The van der Waals surface area contributed by atoms with E-state index in [2.05, 4.69) is 10.6 Å². The number of nitriles is 1. The van der Waals surface area contributed by atoms with Gasteiger partial charge in [-0.15, -0.1) is 0 Å². The normalized spacial score (nSPS) is 15.5. The zero-order valence-electron chi connectivity index (χ0n) is 26.6. The summed E-state index contributed by atoms with van der Waals surface area (Å²) in [6.45, 7) is 5.14. The van der Waals surface area contributed by atoms with Gasteiger partial charge in [-0.2, -0.15) is 14.9 Å². The van der Waals surface area contributed by atoms with Gasteiger partial charge in [0.2, 0.25) is 11.4 Å². The summed E-state index contributed by atoms with van der Waals surface area (Å²) >= 11 is 0. The van der Waals surface area contributed by atoms with Crippen molar-refractivity contribution in [2.75, 3.05) is 13.2 Å². The maximum absolute atomic E-state index is 12.1. The fraction of sp³-hybridized carbons (Fsp3) is 0.375. The van der Waals surface area contributed by atoms with Gasteiger partial charge in [0.25, 0.3) is 5.91 Å². The highest BCUT2D eigenvalue weighted by atomic mass is 16.6. The molecule has 4 amide bonds. The smallest absolute Gasteiger partial charge is 0.408 e. The second-order valence-corrected chi connectivity index (χ2v) is 9.63. The first-order valence-electron chi connectivity index (χ1n) is 14.5. The average molecular weight is 669 g/mol. The number of hydrogen-bond donors (Lipinski definition) is 3. The lowest BCUT2D eigenvalue weighted by molar-refractivity contribution is -0.191. The summed E-state index contributed by atoms with van der Waals surface area (Å²) in [6.07, 6.45) is -1.96. The van der Waals surface area contributed by atoms with Crippen LogP contribution in [0.4, 0.5) is 9.59 Å². The maximum Gasteiger partial charge on any atom is 0.408 e. The Balaban J connectivity index is 0.000000444. The minimum Gasteiger partial charge on any atom is -0.464 e. The number of benzene rings is 2. The Morgan fingerprint density at radius 1 is 0.833 bits per heavy atom. The van der Waals surface area contributed by atoms with Crippen LogP contribution in [0.2, 0.25) is 0 Å². The zero-order valence-corrected chi connectivity index (χ0v) is 26.6. The summed E-state index contributed by atoms with van der Waals surface area (Å²) in [5.41, 5.74) is -1.89. The van der Waals surface area contributed by atoms with Crippen molar-refractivity contribution in [3.8, 4) is 6.07 Å². The zero-order chi connectivity index (χ0) is 36.0. The summed E-state index contributed by atoms with van der Waals surface area (Å²) in [4.78, 5) is 87.5. The van der Waals surface area contributed by atoms with Crippen molar-refractivity contribution in [1.29, 1.82) is 5.26 Å². The van der Waals surface area contributed by atoms with E-state index in [1.807, 2.05) is 47.8 Å². The predicted molar refractivity (Wildman–Crippen MR) is 162 cm³/mol. The molecule has 0 aliphatic carbocycles. The van der Waals surface area contributed by atoms with Crippen LogP contribution in [0.3, 0.4) is 0 Å². The standard InChI is InChI=1S/C16H20N2O4.C15H16N2O6.CO2/c1-3-16(10-11-17,14(19)21-4-2)18-15(20)22-12-13-8-6-5-7-9-13;1-2-22-13(20)15(8-11(18)16-12(15)19)17-14(21)23-9-10-6-4-3-5-7-10;2-1-3/h5-9H,3-4,10,12H2,1-2H3,(H,18,20);3-7H,2,8-9H2,1H3,(H,17,21)(H,16,18,19);. The molecule has 0 spiro atoms. The van der Waals surface area contributed by atoms with E-state index in [0.717, 1.165) is 11.1 Å². The van der Waals surface area contributed by atoms with Crippen LogP contribution in [0.5, 0.6) is 0 Å². The fourth-order valence-corrected chi connectivity index (χ4v) is 3.99. The van der Waals surface area contributed by atoms with E-state index >= 15 is 0 Å². The van der Waals surface area contributed by atoms with Crippen LogP contribution in [-0.4, -0.2) is 66.4 Å². The largest absolute Gasteiger partial charge is 0.464 e. The number of nitrogens with one attached hydrogen (secondary N) is 3. The first-order valence-corrected chi connectivity index (χ1v) is 14.5. The van der Waals surface area contributed by atoms with E-state index in [-0.39, 0.29) is 45.4 Å². The van der Waals surface area contributed by atoms with Crippen molar-refractivity contribution < 1.29 is 57.3 Å². The van der Waals surface area contributed by atoms with Crippen molar-refractivity contribution in [2.45, 2.75) is 64.3 Å². The van der Waals surface area contributed by atoms with Gasteiger partial charge in [-0.05, 0) is 31.4 Å². The monoisotopic (exact) mass is 668 g/mol. The van der Waals surface area contributed by atoms with Crippen LogP contribution in [-0.2, 0) is 60.9 Å². The highest BCUT2D eigenvalue weighted by molar-refractivity contribution is 6.21. The van der Waals surface area contributed by atoms with Gasteiger partial charge in [-0.1, -0.05) is 67.6 Å². The molecule has 1 aliphatic heterocycles. The molecule has 0 aromatic heterocycles. The lowest BCUT2D eigenvalue weighted by atomic mass is 9.93. The minimum absolute atomic E-state index is 0.00277. The van der Waals surface area contributed by atoms with Crippen molar-refractivity contribution in [3.05, 3.63) is 71.8 Å². The summed E-state index contributed by atoms with van der Waals surface area (Å²) < 4.78 is 19.8. The van der Waals surface area contributed by atoms with Crippen LogP contribution in [0, 0.1) is 11.3 Å². The second kappa shape index (κ2) is 20.9. The van der Waals surface area contributed by atoms with Crippen LogP contribution in [0.1, 0.15) is 51.2 Å². The van der Waals surface area contributed by atoms with Gasteiger partial charge in [0.05, 0.1) is 32.1 Å². The molecule has 2 aromatic carbocycles. The van der Waals surface area contributed by atoms with Crippen LogP contribution < -0.4 is 16.0 Å². The summed E-state index contributed by atoms with van der Waals surface area (Å²) in [6, 6.07) is 19.9. The summed E-state index contributed by atoms with van der Waals surface area (Å²) in [5, 5.41) is 15.5.